The number of benzene rings is 1. The number of carbonyl (C=O) groups excluding carboxylic acids is 1. The van der Waals surface area contributed by atoms with E-state index in [1.54, 1.807) is 14.0 Å². The van der Waals surface area contributed by atoms with Crippen LogP contribution in [0, 0.1) is 0 Å². The van der Waals surface area contributed by atoms with Crippen LogP contribution in [0.15, 0.2) is 36.4 Å². The van der Waals surface area contributed by atoms with E-state index in [2.05, 4.69) is 59.5 Å². The summed E-state index contributed by atoms with van der Waals surface area (Å²) in [6, 6.07) is 12.8. The van der Waals surface area contributed by atoms with Gasteiger partial charge in [-0.25, -0.2) is 0 Å². The fraction of sp³-hybridized carbons (Fsp3) is 0.519. The summed E-state index contributed by atoms with van der Waals surface area (Å²) in [5.41, 5.74) is 3.64. The van der Waals surface area contributed by atoms with Crippen molar-refractivity contribution in [3.05, 3.63) is 47.8 Å². The summed E-state index contributed by atoms with van der Waals surface area (Å²) in [7, 11) is 3.84. The molecule has 1 aliphatic rings. The minimum Gasteiger partial charge on any atom is -0.495 e. The predicted molar refractivity (Wildman–Crippen MR) is 142 cm³/mol. The third-order valence-corrected chi connectivity index (χ3v) is 6.43. The summed E-state index contributed by atoms with van der Waals surface area (Å²) in [5.74, 6) is -1.09. The monoisotopic (exact) mass is 516 g/mol. The number of carboxylic acids is 2. The maximum absolute atomic E-state index is 11.9. The van der Waals surface area contributed by atoms with Gasteiger partial charge >= 0.3 is 11.9 Å². The first-order valence-corrected chi connectivity index (χ1v) is 12.5. The van der Waals surface area contributed by atoms with E-state index >= 15 is 0 Å². The fourth-order valence-corrected chi connectivity index (χ4v) is 4.23. The fourth-order valence-electron chi connectivity index (χ4n) is 4.23. The number of carboxylic acid groups (broad SMARTS) is 2. The van der Waals surface area contributed by atoms with Crippen LogP contribution >= 0.6 is 0 Å². The molecule has 0 atom stereocenters. The Labute approximate surface area is 219 Å². The Hall–Kier alpha value is -3.53. The average molecular weight is 517 g/mol. The van der Waals surface area contributed by atoms with Crippen LogP contribution in [0.1, 0.15) is 45.0 Å². The summed E-state index contributed by atoms with van der Waals surface area (Å²) < 4.78 is 7.76. The quantitative estimate of drug-likeness (QED) is 0.495. The zero-order valence-electron chi connectivity index (χ0n) is 22.5. The highest BCUT2D eigenvalue weighted by molar-refractivity contribution is 5.75. The summed E-state index contributed by atoms with van der Waals surface area (Å²) in [5, 5.41) is 15.8. The van der Waals surface area contributed by atoms with E-state index in [9.17, 15) is 14.4 Å². The molecule has 0 aliphatic carbocycles. The number of aromatic nitrogens is 1. The number of anilines is 1. The smallest absolute Gasteiger partial charge is 0.303 e. The Bertz CT molecular complexity index is 1030. The Morgan fingerprint density at radius 3 is 2.03 bits per heavy atom. The molecule has 0 bridgehead atoms. The van der Waals surface area contributed by atoms with Gasteiger partial charge in [-0.3, -0.25) is 19.3 Å². The van der Waals surface area contributed by atoms with Gasteiger partial charge in [0.15, 0.2) is 0 Å². The van der Waals surface area contributed by atoms with Crippen LogP contribution < -0.4 is 9.64 Å². The molecule has 1 aliphatic heterocycles. The lowest BCUT2D eigenvalue weighted by Gasteiger charge is -2.36. The molecule has 2 N–H and O–H groups in total. The standard InChI is InChI=1S/C23H34N4O2.C4H6O4/c1-18(2)27(19(3)28)17-21-11-10-20(24(21)4)16-25-12-14-26(15-13-25)22-8-6-7-9-23(22)29-5;5-3(6)1-2-4(7)8/h6-11,18H,12-17H2,1-5H3;1-2H2,(H,5,6)(H,7,8). The SMILES string of the molecule is COc1ccccc1N1CCN(Cc2ccc(CN(C(C)=O)C(C)C)n2C)CC1.O=C(O)CCC(=O)O. The molecule has 0 radical (unpaired) electrons. The van der Waals surface area contributed by atoms with Crippen LogP contribution in [-0.4, -0.2) is 81.8 Å². The van der Waals surface area contributed by atoms with Crippen LogP contribution in [0.25, 0.3) is 0 Å². The first-order valence-electron chi connectivity index (χ1n) is 12.5. The molecule has 0 spiro atoms. The Kier molecular flexibility index (Phi) is 11.5. The number of rotatable bonds is 10. The van der Waals surface area contributed by atoms with Crippen molar-refractivity contribution < 1.29 is 29.3 Å². The van der Waals surface area contributed by atoms with E-state index < -0.39 is 11.9 Å². The molecule has 1 aromatic heterocycles. The maximum Gasteiger partial charge on any atom is 0.303 e. The molecule has 3 rings (SSSR count). The number of hydrogen-bond acceptors (Lipinski definition) is 6. The third kappa shape index (κ3) is 9.13. The van der Waals surface area contributed by atoms with Gasteiger partial charge in [0.25, 0.3) is 0 Å². The molecule has 1 saturated heterocycles. The topological polar surface area (TPSA) is 116 Å². The van der Waals surface area contributed by atoms with Gasteiger partial charge in [-0.05, 0) is 38.1 Å². The summed E-state index contributed by atoms with van der Waals surface area (Å²) in [6.45, 7) is 11.4. The average Bonchev–Trinajstić information content (AvgIpc) is 3.20. The normalized spacial score (nSPS) is 13.6. The van der Waals surface area contributed by atoms with Crippen molar-refractivity contribution in [3.63, 3.8) is 0 Å². The largest absolute Gasteiger partial charge is 0.495 e. The minimum absolute atomic E-state index is 0.121. The number of methoxy groups -OCH3 is 1. The number of amides is 1. The van der Waals surface area contributed by atoms with Gasteiger partial charge < -0.3 is 29.3 Å². The van der Waals surface area contributed by atoms with Gasteiger partial charge in [-0.15, -0.1) is 0 Å². The van der Waals surface area contributed by atoms with Gasteiger partial charge in [-0.1, -0.05) is 12.1 Å². The van der Waals surface area contributed by atoms with E-state index in [4.69, 9.17) is 14.9 Å². The van der Waals surface area contributed by atoms with Crippen LogP contribution in [0.3, 0.4) is 0 Å². The van der Waals surface area contributed by atoms with E-state index in [1.165, 1.54) is 17.1 Å². The number of hydrogen-bond donors (Lipinski definition) is 2. The first-order chi connectivity index (χ1) is 17.5. The van der Waals surface area contributed by atoms with Gasteiger partial charge in [-0.2, -0.15) is 0 Å². The van der Waals surface area contributed by atoms with Crippen molar-refractivity contribution in [2.24, 2.45) is 7.05 Å². The maximum atomic E-state index is 11.9. The molecule has 10 nitrogen and oxygen atoms in total. The predicted octanol–water partition coefficient (Wildman–Crippen LogP) is 3.05. The number of nitrogens with zero attached hydrogens (tertiary/aromatic N) is 4. The van der Waals surface area contributed by atoms with Crippen molar-refractivity contribution >= 4 is 23.5 Å². The number of ether oxygens (including phenoxy) is 1. The van der Waals surface area contributed by atoms with Crippen molar-refractivity contribution in [1.29, 1.82) is 0 Å². The number of para-hydroxylation sites is 2. The molecular formula is C27H40N4O6. The molecule has 204 valence electrons. The second-order valence-electron chi connectivity index (χ2n) is 9.34. The second kappa shape index (κ2) is 14.3. The van der Waals surface area contributed by atoms with Gasteiger partial charge in [0, 0.05) is 64.1 Å². The van der Waals surface area contributed by atoms with Crippen LogP contribution in [0.5, 0.6) is 5.75 Å². The van der Waals surface area contributed by atoms with Crippen molar-refractivity contribution in [2.45, 2.75) is 52.7 Å². The van der Waals surface area contributed by atoms with E-state index in [0.29, 0.717) is 6.54 Å². The second-order valence-corrected chi connectivity index (χ2v) is 9.34. The van der Waals surface area contributed by atoms with Crippen LogP contribution in [0.2, 0.25) is 0 Å². The van der Waals surface area contributed by atoms with Gasteiger partial charge in [0.2, 0.25) is 5.91 Å². The third-order valence-electron chi connectivity index (χ3n) is 6.43. The zero-order chi connectivity index (χ0) is 27.5. The van der Waals surface area contributed by atoms with Crippen LogP contribution in [-0.2, 0) is 34.5 Å². The molecule has 2 heterocycles. The number of aliphatic carboxylic acids is 2. The highest BCUT2D eigenvalue weighted by Gasteiger charge is 2.21. The molecule has 1 aromatic carbocycles. The number of carbonyl (C=O) groups is 3. The van der Waals surface area contributed by atoms with E-state index in [0.717, 1.165) is 38.5 Å². The Balaban J connectivity index is 0.000000521. The lowest BCUT2D eigenvalue weighted by Crippen LogP contribution is -2.46. The summed E-state index contributed by atoms with van der Waals surface area (Å²) in [4.78, 5) is 38.0. The highest BCUT2D eigenvalue weighted by atomic mass is 16.5. The molecule has 2 aromatic rings. The van der Waals surface area contributed by atoms with Crippen molar-refractivity contribution in [1.82, 2.24) is 14.4 Å². The Morgan fingerprint density at radius 1 is 0.946 bits per heavy atom. The first kappa shape index (κ1) is 29.7. The minimum atomic E-state index is -1.08. The number of piperazine rings is 1. The lowest BCUT2D eigenvalue weighted by atomic mass is 10.2. The van der Waals surface area contributed by atoms with E-state index in [1.807, 2.05) is 17.0 Å². The lowest BCUT2D eigenvalue weighted by molar-refractivity contribution is -0.143. The van der Waals surface area contributed by atoms with Crippen molar-refractivity contribution in [2.75, 3.05) is 38.2 Å². The highest BCUT2D eigenvalue weighted by Crippen LogP contribution is 2.28. The van der Waals surface area contributed by atoms with E-state index in [-0.39, 0.29) is 24.8 Å². The van der Waals surface area contributed by atoms with Gasteiger partial charge in [0.05, 0.1) is 32.2 Å². The molecule has 37 heavy (non-hydrogen) atoms. The summed E-state index contributed by atoms with van der Waals surface area (Å²) in [6.07, 6.45) is -0.593. The molecule has 1 amide bonds. The van der Waals surface area contributed by atoms with Gasteiger partial charge in [0.1, 0.15) is 5.75 Å². The molecular weight excluding hydrogens is 476 g/mol. The molecule has 0 saturated carbocycles. The zero-order valence-corrected chi connectivity index (χ0v) is 22.5. The van der Waals surface area contributed by atoms with Crippen molar-refractivity contribution in [3.8, 4) is 5.75 Å². The summed E-state index contributed by atoms with van der Waals surface area (Å²) >= 11 is 0. The molecule has 0 unspecified atom stereocenters. The Morgan fingerprint density at radius 2 is 1.51 bits per heavy atom. The van der Waals surface area contributed by atoms with Crippen LogP contribution in [0.4, 0.5) is 5.69 Å². The molecule has 1 fully saturated rings. The molecule has 10 heteroatoms.